The third kappa shape index (κ3) is 6.56. The molecule has 1 saturated heterocycles. The lowest BCUT2D eigenvalue weighted by atomic mass is 9.88. The van der Waals surface area contributed by atoms with Gasteiger partial charge in [0.25, 0.3) is 5.91 Å². The zero-order valence-electron chi connectivity index (χ0n) is 22.5. The Morgan fingerprint density at radius 2 is 1.39 bits per heavy atom. The summed E-state index contributed by atoms with van der Waals surface area (Å²) < 4.78 is 14.2. The Kier molecular flexibility index (Phi) is 9.08. The number of nitrogens with one attached hydrogen (secondary N) is 1. The molecule has 6 heteroatoms. The van der Waals surface area contributed by atoms with Crippen LogP contribution in [-0.4, -0.2) is 47.8 Å². The van der Waals surface area contributed by atoms with Crippen LogP contribution in [0.15, 0.2) is 78.4 Å². The fourth-order valence-corrected chi connectivity index (χ4v) is 5.07. The van der Waals surface area contributed by atoms with Gasteiger partial charge in [-0.1, -0.05) is 48.0 Å². The predicted molar refractivity (Wildman–Crippen MR) is 151 cm³/mol. The molecule has 1 N–H and O–H groups in total. The predicted octanol–water partition coefficient (Wildman–Crippen LogP) is 6.36. The molecule has 0 radical (unpaired) electrons. The lowest BCUT2D eigenvalue weighted by molar-refractivity contribution is -0.114. The number of halogens is 1. The monoisotopic (exact) mass is 513 g/mol. The minimum absolute atomic E-state index is 0.0388. The number of hydrogen-bond donors (Lipinski definition) is 1. The topological polar surface area (TPSA) is 52.7 Å². The van der Waals surface area contributed by atoms with Gasteiger partial charge in [-0.05, 0) is 73.7 Å². The Bertz CT molecular complexity index is 1290. The molecule has 198 valence electrons. The minimum atomic E-state index is -0.159. The third-order valence-corrected chi connectivity index (χ3v) is 7.13. The van der Waals surface area contributed by atoms with Gasteiger partial charge in [0.2, 0.25) is 5.91 Å². The highest BCUT2D eigenvalue weighted by molar-refractivity contribution is 5.95. The molecular weight excluding hydrogens is 477 g/mol. The van der Waals surface area contributed by atoms with Crippen molar-refractivity contribution in [2.24, 2.45) is 0 Å². The van der Waals surface area contributed by atoms with E-state index in [1.54, 1.807) is 6.07 Å². The summed E-state index contributed by atoms with van der Waals surface area (Å²) in [6, 6.07) is 22.8. The molecule has 1 fully saturated rings. The summed E-state index contributed by atoms with van der Waals surface area (Å²) in [6.45, 7) is 9.11. The molecule has 3 aromatic carbocycles. The van der Waals surface area contributed by atoms with Gasteiger partial charge in [0.05, 0.1) is 0 Å². The van der Waals surface area contributed by atoms with E-state index >= 15 is 0 Å². The summed E-state index contributed by atoms with van der Waals surface area (Å²) in [5.41, 5.74) is 6.79. The van der Waals surface area contributed by atoms with E-state index in [2.05, 4.69) is 10.2 Å². The Balaban J connectivity index is 1.62. The zero-order chi connectivity index (χ0) is 27.1. The fraction of sp³-hybridized carbons (Fsp3) is 0.312. The number of carbonyl (C=O) groups excluding carboxylic acids is 2. The SMILES string of the molecule is CCN(CC)C(=O)c1ccc(C(=C2CCN(Cc3ccccc3F)CC2)c2ccc(NC(C)=O)cc2)cc1. The smallest absolute Gasteiger partial charge is 0.253 e. The zero-order valence-corrected chi connectivity index (χ0v) is 22.5. The highest BCUT2D eigenvalue weighted by atomic mass is 19.1. The lowest BCUT2D eigenvalue weighted by Crippen LogP contribution is -2.31. The molecule has 4 rings (SSSR count). The van der Waals surface area contributed by atoms with Gasteiger partial charge in [-0.2, -0.15) is 0 Å². The first-order valence-electron chi connectivity index (χ1n) is 13.3. The quantitative estimate of drug-likeness (QED) is 0.381. The molecule has 0 atom stereocenters. The summed E-state index contributed by atoms with van der Waals surface area (Å²) in [5.74, 6) is -0.225. The maximum absolute atomic E-state index is 14.2. The Morgan fingerprint density at radius 1 is 0.842 bits per heavy atom. The number of likely N-dealkylation sites (tertiary alicyclic amines) is 1. The van der Waals surface area contributed by atoms with Crippen molar-refractivity contribution in [3.8, 4) is 0 Å². The minimum Gasteiger partial charge on any atom is -0.339 e. The molecule has 38 heavy (non-hydrogen) atoms. The molecule has 2 amide bonds. The second kappa shape index (κ2) is 12.7. The van der Waals surface area contributed by atoms with Gasteiger partial charge in [0.15, 0.2) is 0 Å². The molecule has 1 aliphatic rings. The van der Waals surface area contributed by atoms with E-state index in [0.29, 0.717) is 25.2 Å². The van der Waals surface area contributed by atoms with Crippen LogP contribution in [0.2, 0.25) is 0 Å². The van der Waals surface area contributed by atoms with Gasteiger partial charge >= 0.3 is 0 Å². The van der Waals surface area contributed by atoms with Crippen molar-refractivity contribution in [3.05, 3.63) is 106 Å². The number of hydrogen-bond acceptors (Lipinski definition) is 3. The van der Waals surface area contributed by atoms with Crippen molar-refractivity contribution in [2.45, 2.75) is 40.2 Å². The summed E-state index contributed by atoms with van der Waals surface area (Å²) in [6.07, 6.45) is 1.74. The normalized spacial score (nSPS) is 13.7. The average molecular weight is 514 g/mol. The van der Waals surface area contributed by atoms with Crippen LogP contribution in [-0.2, 0) is 11.3 Å². The fourth-order valence-electron chi connectivity index (χ4n) is 5.07. The van der Waals surface area contributed by atoms with E-state index in [9.17, 15) is 14.0 Å². The van der Waals surface area contributed by atoms with E-state index in [0.717, 1.165) is 53.9 Å². The summed E-state index contributed by atoms with van der Waals surface area (Å²) in [4.78, 5) is 28.4. The van der Waals surface area contributed by atoms with Crippen molar-refractivity contribution < 1.29 is 14.0 Å². The first-order chi connectivity index (χ1) is 18.4. The second-order valence-corrected chi connectivity index (χ2v) is 9.66. The molecule has 1 heterocycles. The molecule has 0 saturated carbocycles. The molecule has 0 unspecified atom stereocenters. The Hall–Kier alpha value is -3.77. The molecular formula is C32H36FN3O2. The van der Waals surface area contributed by atoms with Gasteiger partial charge in [0.1, 0.15) is 5.82 Å². The van der Waals surface area contributed by atoms with E-state index in [1.165, 1.54) is 18.6 Å². The highest BCUT2D eigenvalue weighted by Gasteiger charge is 2.21. The average Bonchev–Trinajstić information content (AvgIpc) is 2.93. The van der Waals surface area contributed by atoms with Crippen molar-refractivity contribution in [3.63, 3.8) is 0 Å². The van der Waals surface area contributed by atoms with Crippen molar-refractivity contribution in [1.29, 1.82) is 0 Å². The number of benzene rings is 3. The number of amides is 2. The second-order valence-electron chi connectivity index (χ2n) is 9.66. The summed E-state index contributed by atoms with van der Waals surface area (Å²) in [5, 5.41) is 2.83. The molecule has 0 aromatic heterocycles. The van der Waals surface area contributed by atoms with Gasteiger partial charge < -0.3 is 10.2 Å². The number of rotatable bonds is 8. The van der Waals surface area contributed by atoms with Crippen molar-refractivity contribution in [1.82, 2.24) is 9.80 Å². The van der Waals surface area contributed by atoms with Crippen LogP contribution in [0.25, 0.3) is 5.57 Å². The summed E-state index contributed by atoms with van der Waals surface area (Å²) in [7, 11) is 0. The molecule has 0 aliphatic carbocycles. The van der Waals surface area contributed by atoms with E-state index in [4.69, 9.17) is 0 Å². The van der Waals surface area contributed by atoms with Crippen molar-refractivity contribution >= 4 is 23.1 Å². The van der Waals surface area contributed by atoms with Crippen LogP contribution < -0.4 is 5.32 Å². The number of anilines is 1. The standard InChI is InChI=1S/C32H36FN3O2/c1-4-36(5-2)32(38)27-12-10-24(11-13-27)31(25-14-16-29(17-15-25)34-23(3)37)26-18-20-35(21-19-26)22-28-8-6-7-9-30(28)33/h6-17H,4-5,18-22H2,1-3H3,(H,34,37). The van der Waals surface area contributed by atoms with Crippen LogP contribution in [0.1, 0.15) is 60.7 Å². The van der Waals surface area contributed by atoms with Gasteiger partial charge in [-0.25, -0.2) is 4.39 Å². The third-order valence-electron chi connectivity index (χ3n) is 7.13. The molecule has 5 nitrogen and oxygen atoms in total. The molecule has 0 bridgehead atoms. The number of carbonyl (C=O) groups is 2. The lowest BCUT2D eigenvalue weighted by Gasteiger charge is -2.30. The largest absolute Gasteiger partial charge is 0.339 e. The highest BCUT2D eigenvalue weighted by Crippen LogP contribution is 2.33. The maximum atomic E-state index is 14.2. The van der Waals surface area contributed by atoms with Crippen LogP contribution in [0.3, 0.4) is 0 Å². The molecule has 3 aromatic rings. The number of nitrogens with zero attached hydrogens (tertiary/aromatic N) is 2. The van der Waals surface area contributed by atoms with Crippen LogP contribution >= 0.6 is 0 Å². The summed E-state index contributed by atoms with van der Waals surface area (Å²) >= 11 is 0. The maximum Gasteiger partial charge on any atom is 0.253 e. The first-order valence-corrected chi connectivity index (χ1v) is 13.3. The van der Waals surface area contributed by atoms with Gasteiger partial charge in [-0.3, -0.25) is 14.5 Å². The van der Waals surface area contributed by atoms with E-state index < -0.39 is 0 Å². The Labute approximate surface area is 225 Å². The van der Waals surface area contributed by atoms with Gasteiger partial charge in [0, 0.05) is 56.5 Å². The van der Waals surface area contributed by atoms with Crippen LogP contribution in [0.4, 0.5) is 10.1 Å². The molecule has 0 spiro atoms. The Morgan fingerprint density at radius 3 is 1.95 bits per heavy atom. The van der Waals surface area contributed by atoms with Gasteiger partial charge in [-0.15, -0.1) is 0 Å². The van der Waals surface area contributed by atoms with Crippen LogP contribution in [0, 0.1) is 5.82 Å². The van der Waals surface area contributed by atoms with E-state index in [-0.39, 0.29) is 17.6 Å². The van der Waals surface area contributed by atoms with Crippen LogP contribution in [0.5, 0.6) is 0 Å². The molecule has 1 aliphatic heterocycles. The van der Waals surface area contributed by atoms with Crippen molar-refractivity contribution in [2.75, 3.05) is 31.5 Å². The first kappa shape index (κ1) is 27.3. The van der Waals surface area contributed by atoms with E-state index in [1.807, 2.05) is 79.4 Å². The number of piperidine rings is 1.